The van der Waals surface area contributed by atoms with Crippen molar-refractivity contribution in [2.75, 3.05) is 33.2 Å². The number of hydrogen-bond acceptors (Lipinski definition) is 5. The van der Waals surface area contributed by atoms with Gasteiger partial charge < -0.3 is 15.3 Å². The maximum atomic E-state index is 11.1. The first-order chi connectivity index (χ1) is 16.5. The SMILES string of the molecule is CN(CCNCc1ccccn1)Cc1ccc(CN2CCC(O)(c3ccc(Cl)cc3)CC2)cc1. The van der Waals surface area contributed by atoms with Crippen molar-refractivity contribution in [2.45, 2.75) is 38.1 Å². The Morgan fingerprint density at radius 1 is 1.00 bits per heavy atom. The topological polar surface area (TPSA) is 51.6 Å². The van der Waals surface area contributed by atoms with Crippen molar-refractivity contribution in [3.05, 3.63) is 100 Å². The number of rotatable bonds is 10. The summed E-state index contributed by atoms with van der Waals surface area (Å²) in [6.07, 6.45) is 3.32. The molecule has 1 fully saturated rings. The molecule has 34 heavy (non-hydrogen) atoms. The van der Waals surface area contributed by atoms with Gasteiger partial charge in [0.2, 0.25) is 0 Å². The van der Waals surface area contributed by atoms with Gasteiger partial charge in [-0.15, -0.1) is 0 Å². The van der Waals surface area contributed by atoms with Crippen molar-refractivity contribution in [1.82, 2.24) is 20.1 Å². The van der Waals surface area contributed by atoms with Crippen LogP contribution in [0.25, 0.3) is 0 Å². The first-order valence-electron chi connectivity index (χ1n) is 12.1. The van der Waals surface area contributed by atoms with Crippen molar-refractivity contribution in [1.29, 1.82) is 0 Å². The highest BCUT2D eigenvalue weighted by Crippen LogP contribution is 2.33. The smallest absolute Gasteiger partial charge is 0.0920 e. The minimum absolute atomic E-state index is 0.705. The molecule has 0 spiro atoms. The molecule has 0 radical (unpaired) electrons. The van der Waals surface area contributed by atoms with Crippen molar-refractivity contribution in [2.24, 2.45) is 0 Å². The number of pyridine rings is 1. The summed E-state index contributed by atoms with van der Waals surface area (Å²) in [7, 11) is 2.16. The zero-order valence-electron chi connectivity index (χ0n) is 20.0. The first-order valence-corrected chi connectivity index (χ1v) is 12.5. The maximum absolute atomic E-state index is 11.1. The second-order valence-electron chi connectivity index (χ2n) is 9.37. The van der Waals surface area contributed by atoms with Crippen LogP contribution in [0.4, 0.5) is 0 Å². The van der Waals surface area contributed by atoms with Gasteiger partial charge in [0.1, 0.15) is 0 Å². The van der Waals surface area contributed by atoms with E-state index in [1.807, 2.05) is 48.7 Å². The second-order valence-corrected chi connectivity index (χ2v) is 9.80. The van der Waals surface area contributed by atoms with Crippen molar-refractivity contribution >= 4 is 11.6 Å². The lowest BCUT2D eigenvalue weighted by molar-refractivity contribution is -0.0277. The minimum Gasteiger partial charge on any atom is -0.385 e. The number of aromatic nitrogens is 1. The molecular formula is C28H35ClN4O. The lowest BCUT2D eigenvalue weighted by atomic mass is 9.84. The Bertz CT molecular complexity index is 1000. The van der Waals surface area contributed by atoms with Crippen LogP contribution in [0.2, 0.25) is 5.02 Å². The number of nitrogens with zero attached hydrogens (tertiary/aromatic N) is 3. The molecular weight excluding hydrogens is 444 g/mol. The number of likely N-dealkylation sites (N-methyl/N-ethyl adjacent to an activating group) is 1. The van der Waals surface area contributed by atoms with Crippen molar-refractivity contribution in [3.8, 4) is 0 Å². The number of hydrogen-bond donors (Lipinski definition) is 2. The average Bonchev–Trinajstić information content (AvgIpc) is 2.86. The van der Waals surface area contributed by atoms with E-state index in [-0.39, 0.29) is 0 Å². The Balaban J connectivity index is 1.18. The molecule has 2 N–H and O–H groups in total. The minimum atomic E-state index is -0.748. The highest BCUT2D eigenvalue weighted by Gasteiger charge is 2.33. The molecule has 2 heterocycles. The van der Waals surface area contributed by atoms with Crippen LogP contribution in [0.5, 0.6) is 0 Å². The van der Waals surface area contributed by atoms with Gasteiger partial charge in [-0.05, 0) is 60.8 Å². The second kappa shape index (κ2) is 11.9. The van der Waals surface area contributed by atoms with E-state index in [0.717, 1.165) is 69.9 Å². The third kappa shape index (κ3) is 7.11. The van der Waals surface area contributed by atoms with E-state index in [0.29, 0.717) is 5.02 Å². The molecule has 0 bridgehead atoms. The van der Waals surface area contributed by atoms with E-state index in [2.05, 4.69) is 51.4 Å². The van der Waals surface area contributed by atoms with E-state index in [4.69, 9.17) is 11.6 Å². The molecule has 0 atom stereocenters. The molecule has 4 rings (SSSR count). The fourth-order valence-corrected chi connectivity index (χ4v) is 4.64. The number of halogens is 1. The molecule has 3 aromatic rings. The third-order valence-electron chi connectivity index (χ3n) is 6.65. The Morgan fingerprint density at radius 2 is 1.71 bits per heavy atom. The molecule has 0 amide bonds. The number of piperidine rings is 1. The summed E-state index contributed by atoms with van der Waals surface area (Å²) in [5.74, 6) is 0. The molecule has 0 unspecified atom stereocenters. The Labute approximate surface area is 208 Å². The van der Waals surface area contributed by atoms with Crippen LogP contribution in [0.3, 0.4) is 0 Å². The lowest BCUT2D eigenvalue weighted by Gasteiger charge is -2.38. The molecule has 1 aliphatic rings. The summed E-state index contributed by atoms with van der Waals surface area (Å²) in [4.78, 5) is 9.11. The predicted octanol–water partition coefficient (Wildman–Crippen LogP) is 4.44. The fraction of sp³-hybridized carbons (Fsp3) is 0.393. The Morgan fingerprint density at radius 3 is 2.38 bits per heavy atom. The summed E-state index contributed by atoms with van der Waals surface area (Å²) in [6, 6.07) is 22.6. The summed E-state index contributed by atoms with van der Waals surface area (Å²) < 4.78 is 0. The molecule has 1 aliphatic heterocycles. The monoisotopic (exact) mass is 478 g/mol. The summed E-state index contributed by atoms with van der Waals surface area (Å²) in [5, 5.41) is 15.3. The van der Waals surface area contributed by atoms with E-state index in [1.54, 1.807) is 0 Å². The van der Waals surface area contributed by atoms with Gasteiger partial charge in [0.25, 0.3) is 0 Å². The zero-order valence-corrected chi connectivity index (χ0v) is 20.7. The Kier molecular flexibility index (Phi) is 8.70. The van der Waals surface area contributed by atoms with Gasteiger partial charge in [-0.2, -0.15) is 0 Å². The first kappa shape index (κ1) is 24.8. The number of likely N-dealkylation sites (tertiary alicyclic amines) is 1. The highest BCUT2D eigenvalue weighted by atomic mass is 35.5. The quantitative estimate of drug-likeness (QED) is 0.422. The van der Waals surface area contributed by atoms with Gasteiger partial charge in [-0.25, -0.2) is 0 Å². The van der Waals surface area contributed by atoms with Gasteiger partial charge in [-0.3, -0.25) is 9.88 Å². The normalized spacial score (nSPS) is 16.1. The highest BCUT2D eigenvalue weighted by molar-refractivity contribution is 6.30. The maximum Gasteiger partial charge on any atom is 0.0920 e. The number of nitrogens with one attached hydrogen (secondary N) is 1. The van der Waals surface area contributed by atoms with Gasteiger partial charge in [-0.1, -0.05) is 54.1 Å². The molecule has 2 aromatic carbocycles. The predicted molar refractivity (Wildman–Crippen MR) is 139 cm³/mol. The van der Waals surface area contributed by atoms with Gasteiger partial charge in [0.05, 0.1) is 11.3 Å². The molecule has 1 aromatic heterocycles. The molecule has 0 saturated carbocycles. The van der Waals surface area contributed by atoms with Crippen molar-refractivity contribution < 1.29 is 5.11 Å². The lowest BCUT2D eigenvalue weighted by Crippen LogP contribution is -2.42. The molecule has 1 saturated heterocycles. The molecule has 6 heteroatoms. The van der Waals surface area contributed by atoms with E-state index in [9.17, 15) is 5.11 Å². The van der Waals surface area contributed by atoms with Crippen LogP contribution in [0, 0.1) is 0 Å². The van der Waals surface area contributed by atoms with E-state index < -0.39 is 5.60 Å². The van der Waals surface area contributed by atoms with Crippen LogP contribution >= 0.6 is 11.6 Å². The van der Waals surface area contributed by atoms with Crippen LogP contribution < -0.4 is 5.32 Å². The third-order valence-corrected chi connectivity index (χ3v) is 6.90. The largest absolute Gasteiger partial charge is 0.385 e. The van der Waals surface area contributed by atoms with Gasteiger partial charge >= 0.3 is 0 Å². The number of aliphatic hydroxyl groups is 1. The van der Waals surface area contributed by atoms with Crippen LogP contribution in [0.1, 0.15) is 35.2 Å². The van der Waals surface area contributed by atoms with Crippen molar-refractivity contribution in [3.63, 3.8) is 0 Å². The summed E-state index contributed by atoms with van der Waals surface area (Å²) in [6.45, 7) is 6.34. The van der Waals surface area contributed by atoms with Crippen LogP contribution in [-0.4, -0.2) is 53.1 Å². The standard InChI is InChI=1S/C28H35ClN4O/c1-32(19-16-30-20-27-4-2-3-15-31-27)21-23-5-7-24(8-6-23)22-33-17-13-28(34,14-18-33)25-9-11-26(29)12-10-25/h2-12,15,30,34H,13-14,16-22H2,1H3. The fourth-order valence-electron chi connectivity index (χ4n) is 4.52. The molecule has 5 nitrogen and oxygen atoms in total. The summed E-state index contributed by atoms with van der Waals surface area (Å²) >= 11 is 6.00. The molecule has 180 valence electrons. The van der Waals surface area contributed by atoms with E-state index >= 15 is 0 Å². The zero-order chi connectivity index (χ0) is 23.8. The summed E-state index contributed by atoms with van der Waals surface area (Å²) in [5.41, 5.74) is 3.94. The van der Waals surface area contributed by atoms with E-state index in [1.165, 1.54) is 11.1 Å². The van der Waals surface area contributed by atoms with Gasteiger partial charge in [0.15, 0.2) is 0 Å². The molecule has 0 aliphatic carbocycles. The Hall–Kier alpha value is -2.28. The van der Waals surface area contributed by atoms with Crippen LogP contribution in [-0.2, 0) is 25.2 Å². The average molecular weight is 479 g/mol. The van der Waals surface area contributed by atoms with Gasteiger partial charge in [0, 0.05) is 57.0 Å². The number of benzene rings is 2. The van der Waals surface area contributed by atoms with Crippen LogP contribution in [0.15, 0.2) is 72.9 Å².